The molecular formula is C15H19N2O2. The molecule has 0 atom stereocenters. The van der Waals surface area contributed by atoms with Gasteiger partial charge in [-0.25, -0.2) is 0 Å². The Labute approximate surface area is 113 Å². The largest absolute Gasteiger partial charge is 0.460 e. The van der Waals surface area contributed by atoms with Crippen LogP contribution >= 0.6 is 0 Å². The van der Waals surface area contributed by atoms with Crippen LogP contribution < -0.4 is 0 Å². The molecule has 1 heterocycles. The zero-order chi connectivity index (χ0) is 14.0. The van der Waals surface area contributed by atoms with Crippen molar-refractivity contribution in [3.63, 3.8) is 0 Å². The summed E-state index contributed by atoms with van der Waals surface area (Å²) < 4.78 is 5.25. The van der Waals surface area contributed by atoms with E-state index < -0.39 is 5.60 Å². The van der Waals surface area contributed by atoms with E-state index in [-0.39, 0.29) is 5.97 Å². The fourth-order valence-electron chi connectivity index (χ4n) is 1.97. The Kier molecular flexibility index (Phi) is 3.60. The minimum atomic E-state index is -0.446. The summed E-state index contributed by atoms with van der Waals surface area (Å²) in [7, 11) is 0. The van der Waals surface area contributed by atoms with E-state index in [9.17, 15) is 4.79 Å². The van der Waals surface area contributed by atoms with Gasteiger partial charge in [-0.2, -0.15) is 5.10 Å². The lowest BCUT2D eigenvalue weighted by Gasteiger charge is -2.19. The normalized spacial score (nSPS) is 11.8. The lowest BCUT2D eigenvalue weighted by atomic mass is 10.0. The molecule has 1 N–H and O–H groups in total. The number of esters is 1. The number of fused-ring (bicyclic) bond motifs is 1. The van der Waals surface area contributed by atoms with Crippen molar-refractivity contribution in [3.8, 4) is 0 Å². The summed E-state index contributed by atoms with van der Waals surface area (Å²) in [5.41, 5.74) is 2.80. The van der Waals surface area contributed by atoms with Gasteiger partial charge in [0, 0.05) is 5.39 Å². The molecule has 1 aromatic carbocycles. The minimum Gasteiger partial charge on any atom is -0.460 e. The first-order valence-corrected chi connectivity index (χ1v) is 6.34. The first-order chi connectivity index (χ1) is 8.85. The Morgan fingerprint density at radius 3 is 2.84 bits per heavy atom. The summed E-state index contributed by atoms with van der Waals surface area (Å²) in [4.78, 5) is 11.6. The highest BCUT2D eigenvalue weighted by Gasteiger charge is 2.16. The number of aryl methyl sites for hydroxylation is 1. The van der Waals surface area contributed by atoms with Gasteiger partial charge in [-0.1, -0.05) is 6.07 Å². The molecule has 1 radical (unpaired) electrons. The van der Waals surface area contributed by atoms with Crippen molar-refractivity contribution in [2.75, 3.05) is 0 Å². The van der Waals surface area contributed by atoms with Gasteiger partial charge < -0.3 is 4.74 Å². The summed E-state index contributed by atoms with van der Waals surface area (Å²) in [6.07, 6.45) is 3.93. The molecule has 101 valence electrons. The average molecular weight is 259 g/mol. The SMILES string of the molecule is Cc1cc(C[CH]C(=O)OC(C)(C)C)cc2cn[nH]c12. The van der Waals surface area contributed by atoms with Gasteiger partial charge in [0.2, 0.25) is 0 Å². The highest BCUT2D eigenvalue weighted by atomic mass is 16.6. The number of benzene rings is 1. The van der Waals surface area contributed by atoms with E-state index in [2.05, 4.69) is 16.3 Å². The number of rotatable bonds is 3. The van der Waals surface area contributed by atoms with E-state index in [1.807, 2.05) is 33.8 Å². The van der Waals surface area contributed by atoms with Crippen LogP contribution in [-0.2, 0) is 16.0 Å². The number of nitrogens with zero attached hydrogens (tertiary/aromatic N) is 1. The molecule has 0 fully saturated rings. The zero-order valence-electron chi connectivity index (χ0n) is 11.8. The van der Waals surface area contributed by atoms with Crippen LogP contribution in [0.3, 0.4) is 0 Å². The van der Waals surface area contributed by atoms with Gasteiger partial charge in [-0.3, -0.25) is 9.89 Å². The summed E-state index contributed by atoms with van der Waals surface area (Å²) >= 11 is 0. The zero-order valence-corrected chi connectivity index (χ0v) is 11.8. The molecule has 2 aromatic rings. The first kappa shape index (κ1) is 13.6. The summed E-state index contributed by atoms with van der Waals surface area (Å²) in [6.45, 7) is 7.61. The van der Waals surface area contributed by atoms with E-state index in [0.717, 1.165) is 22.0 Å². The molecule has 0 spiro atoms. The van der Waals surface area contributed by atoms with Crippen molar-refractivity contribution in [3.05, 3.63) is 35.9 Å². The predicted molar refractivity (Wildman–Crippen MR) is 74.7 cm³/mol. The van der Waals surface area contributed by atoms with Gasteiger partial charge in [0.15, 0.2) is 0 Å². The maximum atomic E-state index is 11.6. The second-order valence-corrected chi connectivity index (χ2v) is 5.69. The van der Waals surface area contributed by atoms with Crippen LogP contribution in [0.5, 0.6) is 0 Å². The average Bonchev–Trinajstić information content (AvgIpc) is 2.72. The lowest BCUT2D eigenvalue weighted by molar-refractivity contribution is -0.150. The molecule has 0 bridgehead atoms. The molecule has 1 aromatic heterocycles. The molecule has 0 saturated heterocycles. The molecule has 4 heteroatoms. The van der Waals surface area contributed by atoms with Crippen LogP contribution in [0.2, 0.25) is 0 Å². The van der Waals surface area contributed by atoms with Crippen molar-refractivity contribution < 1.29 is 9.53 Å². The smallest absolute Gasteiger partial charge is 0.310 e. The number of hydrogen-bond acceptors (Lipinski definition) is 3. The van der Waals surface area contributed by atoms with Crippen LogP contribution in [0.15, 0.2) is 18.3 Å². The van der Waals surface area contributed by atoms with Gasteiger partial charge in [-0.05, 0) is 51.3 Å². The topological polar surface area (TPSA) is 55.0 Å². The van der Waals surface area contributed by atoms with Crippen LogP contribution in [0.25, 0.3) is 10.9 Å². The van der Waals surface area contributed by atoms with Crippen LogP contribution in [-0.4, -0.2) is 21.8 Å². The molecule has 0 aliphatic carbocycles. The second kappa shape index (κ2) is 5.03. The maximum Gasteiger partial charge on any atom is 0.310 e. The minimum absolute atomic E-state index is 0.280. The van der Waals surface area contributed by atoms with E-state index in [0.29, 0.717) is 6.42 Å². The molecule has 0 unspecified atom stereocenters. The number of carbonyl (C=O) groups excluding carboxylic acids is 1. The molecule has 2 rings (SSSR count). The fraction of sp³-hybridized carbons (Fsp3) is 0.400. The number of aromatic nitrogens is 2. The lowest BCUT2D eigenvalue weighted by Crippen LogP contribution is -2.24. The van der Waals surface area contributed by atoms with Crippen molar-refractivity contribution in [2.45, 2.75) is 39.7 Å². The van der Waals surface area contributed by atoms with Crippen molar-refractivity contribution in [1.82, 2.24) is 10.2 Å². The molecule has 4 nitrogen and oxygen atoms in total. The number of hydrogen-bond donors (Lipinski definition) is 1. The first-order valence-electron chi connectivity index (χ1n) is 6.34. The molecule has 0 saturated carbocycles. The molecular weight excluding hydrogens is 240 g/mol. The highest BCUT2D eigenvalue weighted by molar-refractivity contribution is 5.83. The maximum absolute atomic E-state index is 11.6. The quantitative estimate of drug-likeness (QED) is 0.862. The van der Waals surface area contributed by atoms with E-state index in [4.69, 9.17) is 4.74 Å². The van der Waals surface area contributed by atoms with E-state index >= 15 is 0 Å². The van der Waals surface area contributed by atoms with Gasteiger partial charge in [0.1, 0.15) is 5.60 Å². The van der Waals surface area contributed by atoms with Crippen molar-refractivity contribution in [1.29, 1.82) is 0 Å². The van der Waals surface area contributed by atoms with Crippen LogP contribution in [0.4, 0.5) is 0 Å². The number of nitrogens with one attached hydrogen (secondary N) is 1. The van der Waals surface area contributed by atoms with Crippen LogP contribution in [0, 0.1) is 13.3 Å². The van der Waals surface area contributed by atoms with Gasteiger partial charge >= 0.3 is 5.97 Å². The predicted octanol–water partition coefficient (Wildman–Crippen LogP) is 2.96. The summed E-state index contributed by atoms with van der Waals surface area (Å²) in [6, 6.07) is 4.09. The number of aromatic amines is 1. The fourth-order valence-corrected chi connectivity index (χ4v) is 1.97. The monoisotopic (exact) mass is 259 g/mol. The number of carbonyl (C=O) groups is 1. The number of H-pyrrole nitrogens is 1. The standard InChI is InChI=1S/C15H19N2O2/c1-10-7-11(8-12-9-16-17-14(10)12)5-6-13(18)19-15(2,3)4/h6-9H,5H2,1-4H3,(H,16,17). The second-order valence-electron chi connectivity index (χ2n) is 5.69. The van der Waals surface area contributed by atoms with Gasteiger partial charge in [0.05, 0.1) is 18.1 Å². The summed E-state index contributed by atoms with van der Waals surface area (Å²) in [5, 5.41) is 8.04. The van der Waals surface area contributed by atoms with Gasteiger partial charge in [-0.15, -0.1) is 0 Å². The Balaban J connectivity index is 2.04. The third-order valence-electron chi connectivity index (χ3n) is 2.72. The van der Waals surface area contributed by atoms with E-state index in [1.54, 1.807) is 12.6 Å². The molecule has 19 heavy (non-hydrogen) atoms. The Morgan fingerprint density at radius 2 is 2.16 bits per heavy atom. The third-order valence-corrected chi connectivity index (χ3v) is 2.72. The van der Waals surface area contributed by atoms with Crippen molar-refractivity contribution in [2.24, 2.45) is 0 Å². The molecule has 0 aliphatic rings. The summed E-state index contributed by atoms with van der Waals surface area (Å²) in [5.74, 6) is -0.280. The Morgan fingerprint density at radius 1 is 1.42 bits per heavy atom. The highest BCUT2D eigenvalue weighted by Crippen LogP contribution is 2.19. The third kappa shape index (κ3) is 3.56. The Bertz CT molecular complexity index is 594. The molecule has 0 aliphatic heterocycles. The Hall–Kier alpha value is -1.84. The van der Waals surface area contributed by atoms with Crippen LogP contribution in [0.1, 0.15) is 31.9 Å². The van der Waals surface area contributed by atoms with Gasteiger partial charge in [0.25, 0.3) is 0 Å². The van der Waals surface area contributed by atoms with E-state index in [1.165, 1.54) is 0 Å². The number of ether oxygens (including phenoxy) is 1. The van der Waals surface area contributed by atoms with Crippen molar-refractivity contribution >= 4 is 16.9 Å². The molecule has 0 amide bonds.